The number of benzene rings is 1. The summed E-state index contributed by atoms with van der Waals surface area (Å²) in [4.78, 5) is 11.4. The number of nitrogens with two attached hydrogens (primary N) is 1. The van der Waals surface area contributed by atoms with Gasteiger partial charge in [-0.25, -0.2) is 4.79 Å². The molecule has 0 atom stereocenters. The zero-order chi connectivity index (χ0) is 12.0. The molecule has 0 radical (unpaired) electrons. The van der Waals surface area contributed by atoms with E-state index in [1.807, 2.05) is 0 Å². The summed E-state index contributed by atoms with van der Waals surface area (Å²) in [5.74, 6) is -0.419. The maximum atomic E-state index is 11.4. The number of nitrogens with one attached hydrogen (secondary N) is 1. The van der Waals surface area contributed by atoms with Crippen LogP contribution < -0.4 is 11.2 Å². The Morgan fingerprint density at radius 2 is 2.25 bits per heavy atom. The van der Waals surface area contributed by atoms with Crippen LogP contribution in [-0.2, 0) is 4.74 Å². The summed E-state index contributed by atoms with van der Waals surface area (Å²) in [5.41, 5.74) is 8.65. The van der Waals surface area contributed by atoms with E-state index in [2.05, 4.69) is 27.5 Å². The van der Waals surface area contributed by atoms with Crippen LogP contribution in [0.2, 0.25) is 0 Å². The third-order valence-corrected chi connectivity index (χ3v) is 1.84. The maximum absolute atomic E-state index is 11.4. The molecule has 6 heteroatoms. The highest BCUT2D eigenvalue weighted by atomic mass is 32.1. The molecule has 1 aromatic rings. The number of hydrogen-bond acceptors (Lipinski definition) is 4. The van der Waals surface area contributed by atoms with Crippen LogP contribution in [-0.4, -0.2) is 24.4 Å². The van der Waals surface area contributed by atoms with Crippen molar-refractivity contribution in [2.45, 2.75) is 0 Å². The highest BCUT2D eigenvalue weighted by Gasteiger charge is 2.08. The van der Waals surface area contributed by atoms with Gasteiger partial charge < -0.3 is 10.5 Å². The van der Waals surface area contributed by atoms with Gasteiger partial charge in [-0.05, 0) is 18.3 Å². The number of carbonyl (C=O) groups is 1. The molecule has 16 heavy (non-hydrogen) atoms. The topological polar surface area (TPSA) is 76.7 Å². The molecule has 0 aliphatic heterocycles. The van der Waals surface area contributed by atoms with Gasteiger partial charge in [0, 0.05) is 5.56 Å². The fourth-order valence-corrected chi connectivity index (χ4v) is 1.12. The quantitative estimate of drug-likeness (QED) is 0.349. The summed E-state index contributed by atoms with van der Waals surface area (Å²) >= 11 is 4.58. The molecular formula is C10H11N3O2S. The van der Waals surface area contributed by atoms with E-state index in [0.29, 0.717) is 11.1 Å². The van der Waals surface area contributed by atoms with Gasteiger partial charge in [-0.1, -0.05) is 18.2 Å². The second-order valence-corrected chi connectivity index (χ2v) is 3.25. The first kappa shape index (κ1) is 12.1. The van der Waals surface area contributed by atoms with E-state index in [1.165, 1.54) is 13.3 Å². The van der Waals surface area contributed by atoms with Crippen LogP contribution in [0.1, 0.15) is 15.9 Å². The Hall–Kier alpha value is -1.95. The van der Waals surface area contributed by atoms with Gasteiger partial charge in [-0.2, -0.15) is 5.10 Å². The number of hydrazone groups is 1. The number of thiocarbonyl (C=S) groups is 1. The van der Waals surface area contributed by atoms with Gasteiger partial charge in [-0.3, -0.25) is 5.43 Å². The molecule has 3 N–H and O–H groups in total. The van der Waals surface area contributed by atoms with Gasteiger partial charge in [0.2, 0.25) is 0 Å². The average Bonchev–Trinajstić information content (AvgIpc) is 2.28. The summed E-state index contributed by atoms with van der Waals surface area (Å²) in [6, 6.07) is 6.91. The standard InChI is InChI=1S/C10H11N3O2S/c1-15-9(14)8-5-3-2-4-7(8)6-12-13-10(11)16/h2-6H,1H3,(H3,11,13,16). The molecule has 0 aromatic heterocycles. The number of rotatable bonds is 3. The molecule has 5 nitrogen and oxygen atoms in total. The minimum Gasteiger partial charge on any atom is -0.465 e. The van der Waals surface area contributed by atoms with Crippen molar-refractivity contribution in [2.75, 3.05) is 7.11 Å². The Balaban J connectivity index is 2.91. The van der Waals surface area contributed by atoms with Crippen molar-refractivity contribution in [3.63, 3.8) is 0 Å². The van der Waals surface area contributed by atoms with E-state index in [4.69, 9.17) is 5.73 Å². The molecule has 0 saturated carbocycles. The maximum Gasteiger partial charge on any atom is 0.338 e. The summed E-state index contributed by atoms with van der Waals surface area (Å²) in [6.07, 6.45) is 1.45. The average molecular weight is 237 g/mol. The largest absolute Gasteiger partial charge is 0.465 e. The van der Waals surface area contributed by atoms with Gasteiger partial charge in [0.05, 0.1) is 18.9 Å². The molecule has 0 heterocycles. The first-order chi connectivity index (χ1) is 7.65. The van der Waals surface area contributed by atoms with Crippen LogP contribution in [0, 0.1) is 0 Å². The van der Waals surface area contributed by atoms with E-state index >= 15 is 0 Å². The molecule has 0 spiro atoms. The molecule has 84 valence electrons. The van der Waals surface area contributed by atoms with Gasteiger partial charge in [0.15, 0.2) is 5.11 Å². The van der Waals surface area contributed by atoms with Crippen molar-refractivity contribution in [3.8, 4) is 0 Å². The van der Waals surface area contributed by atoms with Crippen molar-refractivity contribution < 1.29 is 9.53 Å². The zero-order valence-corrected chi connectivity index (χ0v) is 9.45. The van der Waals surface area contributed by atoms with E-state index in [0.717, 1.165) is 0 Å². The SMILES string of the molecule is COC(=O)c1ccccc1C=NNC(N)=S. The molecular weight excluding hydrogens is 226 g/mol. The Morgan fingerprint density at radius 1 is 1.56 bits per heavy atom. The van der Waals surface area contributed by atoms with Crippen molar-refractivity contribution in [1.29, 1.82) is 0 Å². The number of ether oxygens (including phenoxy) is 1. The molecule has 0 unspecified atom stereocenters. The number of hydrogen-bond donors (Lipinski definition) is 2. The van der Waals surface area contributed by atoms with Gasteiger partial charge in [0.1, 0.15) is 0 Å². The van der Waals surface area contributed by atoms with Crippen molar-refractivity contribution in [3.05, 3.63) is 35.4 Å². The lowest BCUT2D eigenvalue weighted by molar-refractivity contribution is 0.0600. The predicted octanol–water partition coefficient (Wildman–Crippen LogP) is 0.640. The third-order valence-electron chi connectivity index (χ3n) is 1.74. The van der Waals surface area contributed by atoms with E-state index < -0.39 is 5.97 Å². The lowest BCUT2D eigenvalue weighted by Gasteiger charge is -2.02. The van der Waals surface area contributed by atoms with Crippen LogP contribution in [0.4, 0.5) is 0 Å². The first-order valence-corrected chi connectivity index (χ1v) is 4.82. The van der Waals surface area contributed by atoms with Gasteiger partial charge >= 0.3 is 5.97 Å². The highest BCUT2D eigenvalue weighted by Crippen LogP contribution is 2.07. The minimum atomic E-state index is -0.419. The Labute approximate surface area is 98.3 Å². The Bertz CT molecular complexity index is 432. The third kappa shape index (κ3) is 3.32. The van der Waals surface area contributed by atoms with E-state index in [1.54, 1.807) is 24.3 Å². The lowest BCUT2D eigenvalue weighted by atomic mass is 10.1. The van der Waals surface area contributed by atoms with E-state index in [-0.39, 0.29) is 5.11 Å². The smallest absolute Gasteiger partial charge is 0.338 e. The van der Waals surface area contributed by atoms with Crippen molar-refractivity contribution >= 4 is 29.5 Å². The number of methoxy groups -OCH3 is 1. The van der Waals surface area contributed by atoms with Crippen LogP contribution in [0.25, 0.3) is 0 Å². The fraction of sp³-hybridized carbons (Fsp3) is 0.100. The lowest BCUT2D eigenvalue weighted by Crippen LogP contribution is -2.24. The summed E-state index contributed by atoms with van der Waals surface area (Å²) in [6.45, 7) is 0. The van der Waals surface area contributed by atoms with Crippen molar-refractivity contribution in [1.82, 2.24) is 5.43 Å². The van der Waals surface area contributed by atoms with Crippen LogP contribution in [0.3, 0.4) is 0 Å². The number of esters is 1. The Morgan fingerprint density at radius 3 is 2.88 bits per heavy atom. The molecule has 0 aliphatic rings. The summed E-state index contributed by atoms with van der Waals surface area (Å²) in [5, 5.41) is 3.83. The highest BCUT2D eigenvalue weighted by molar-refractivity contribution is 7.80. The molecule has 0 fully saturated rings. The normalized spacial score (nSPS) is 10.1. The first-order valence-electron chi connectivity index (χ1n) is 4.41. The summed E-state index contributed by atoms with van der Waals surface area (Å²) < 4.78 is 4.63. The number of nitrogens with zero attached hydrogens (tertiary/aromatic N) is 1. The monoisotopic (exact) mass is 237 g/mol. The van der Waals surface area contributed by atoms with E-state index in [9.17, 15) is 4.79 Å². The van der Waals surface area contributed by atoms with Gasteiger partial charge in [-0.15, -0.1) is 0 Å². The minimum absolute atomic E-state index is 0.0619. The predicted molar refractivity (Wildman–Crippen MR) is 65.3 cm³/mol. The van der Waals surface area contributed by atoms with Crippen LogP contribution in [0.5, 0.6) is 0 Å². The molecule has 0 amide bonds. The second-order valence-electron chi connectivity index (χ2n) is 2.81. The number of carbonyl (C=O) groups excluding carboxylic acids is 1. The second kappa shape index (κ2) is 5.82. The van der Waals surface area contributed by atoms with Crippen LogP contribution >= 0.6 is 12.2 Å². The molecule has 0 bridgehead atoms. The van der Waals surface area contributed by atoms with Crippen LogP contribution in [0.15, 0.2) is 29.4 Å². The summed E-state index contributed by atoms with van der Waals surface area (Å²) in [7, 11) is 1.32. The molecule has 1 rings (SSSR count). The zero-order valence-electron chi connectivity index (χ0n) is 8.64. The Kier molecular flexibility index (Phi) is 4.41. The molecule has 1 aromatic carbocycles. The molecule has 0 saturated heterocycles. The van der Waals surface area contributed by atoms with Gasteiger partial charge in [0.25, 0.3) is 0 Å². The fourth-order valence-electron chi connectivity index (χ4n) is 1.07. The van der Waals surface area contributed by atoms with Crippen molar-refractivity contribution in [2.24, 2.45) is 10.8 Å². The molecule has 0 aliphatic carbocycles.